The minimum atomic E-state index is -1.74. The summed E-state index contributed by atoms with van der Waals surface area (Å²) in [6, 6.07) is 23.5. The van der Waals surface area contributed by atoms with Gasteiger partial charge in [0.25, 0.3) is 0 Å². The Morgan fingerprint density at radius 3 is 2.27 bits per heavy atom. The molecule has 1 aliphatic rings. The van der Waals surface area contributed by atoms with Crippen LogP contribution in [0.4, 0.5) is 17.1 Å². The van der Waals surface area contributed by atoms with Crippen LogP contribution in [0.15, 0.2) is 72.8 Å². The van der Waals surface area contributed by atoms with Gasteiger partial charge >= 0.3 is 5.97 Å². The van der Waals surface area contributed by atoms with Crippen molar-refractivity contribution >= 4 is 46.2 Å². The standard InChI is InChI=1S/C26H23Cl2N3O2/c1-25(2,3)33-24(32)26(16-29)23(17-7-5-4-6-8-17)31(20-12-9-18(27)10-13-20)22-15-19(28)11-14-21(22)30-26/h4-15,23,30H,1-3H3. The number of nitrogens with one attached hydrogen (secondary N) is 1. The first kappa shape index (κ1) is 23.0. The fourth-order valence-corrected chi connectivity index (χ4v) is 4.30. The Morgan fingerprint density at radius 2 is 1.67 bits per heavy atom. The zero-order chi connectivity index (χ0) is 23.8. The number of hydrogen-bond donors (Lipinski definition) is 1. The number of halogens is 2. The van der Waals surface area contributed by atoms with Crippen LogP contribution in [0, 0.1) is 11.3 Å². The second-order valence-corrected chi connectivity index (χ2v) is 9.74. The van der Waals surface area contributed by atoms with Crippen molar-refractivity contribution in [2.24, 2.45) is 0 Å². The zero-order valence-electron chi connectivity index (χ0n) is 18.5. The molecule has 0 fully saturated rings. The molecule has 0 saturated carbocycles. The summed E-state index contributed by atoms with van der Waals surface area (Å²) in [7, 11) is 0. The Balaban J connectivity index is 2.03. The van der Waals surface area contributed by atoms with Crippen LogP contribution in [0.3, 0.4) is 0 Å². The van der Waals surface area contributed by atoms with E-state index in [0.29, 0.717) is 15.7 Å². The van der Waals surface area contributed by atoms with E-state index in [1.807, 2.05) is 53.4 Å². The summed E-state index contributed by atoms with van der Waals surface area (Å²) in [4.78, 5) is 15.6. The largest absolute Gasteiger partial charge is 0.457 e. The molecule has 0 bridgehead atoms. The molecule has 168 valence electrons. The van der Waals surface area contributed by atoms with Crippen molar-refractivity contribution in [1.29, 1.82) is 5.26 Å². The number of hydrogen-bond acceptors (Lipinski definition) is 5. The molecule has 1 heterocycles. The summed E-state index contributed by atoms with van der Waals surface area (Å²) in [6.45, 7) is 5.34. The van der Waals surface area contributed by atoms with Gasteiger partial charge in [0.05, 0.1) is 11.4 Å². The molecule has 2 unspecified atom stereocenters. The second-order valence-electron chi connectivity index (χ2n) is 8.87. The van der Waals surface area contributed by atoms with Crippen LogP contribution in [-0.2, 0) is 9.53 Å². The molecular weight excluding hydrogens is 457 g/mol. The molecule has 1 N–H and O–H groups in total. The van der Waals surface area contributed by atoms with Crippen molar-refractivity contribution in [3.05, 3.63) is 88.4 Å². The van der Waals surface area contributed by atoms with Crippen molar-refractivity contribution < 1.29 is 9.53 Å². The minimum absolute atomic E-state index is 0.531. The summed E-state index contributed by atoms with van der Waals surface area (Å²) in [5, 5.41) is 14.9. The lowest BCUT2D eigenvalue weighted by Gasteiger charge is -2.48. The van der Waals surface area contributed by atoms with Crippen molar-refractivity contribution in [2.75, 3.05) is 10.2 Å². The third-order valence-electron chi connectivity index (χ3n) is 5.34. The van der Waals surface area contributed by atoms with Crippen LogP contribution >= 0.6 is 23.2 Å². The molecule has 0 amide bonds. The number of nitriles is 1. The van der Waals surface area contributed by atoms with Crippen molar-refractivity contribution in [3.8, 4) is 6.07 Å². The predicted octanol–water partition coefficient (Wildman–Crippen LogP) is 6.90. The van der Waals surface area contributed by atoms with E-state index in [2.05, 4.69) is 11.4 Å². The van der Waals surface area contributed by atoms with Crippen LogP contribution in [0.1, 0.15) is 32.4 Å². The van der Waals surface area contributed by atoms with Crippen LogP contribution in [-0.4, -0.2) is 17.1 Å². The lowest BCUT2D eigenvalue weighted by Crippen LogP contribution is -2.59. The van der Waals surface area contributed by atoms with E-state index in [1.54, 1.807) is 45.0 Å². The lowest BCUT2D eigenvalue weighted by atomic mass is 9.81. The molecule has 0 aliphatic carbocycles. The summed E-state index contributed by atoms with van der Waals surface area (Å²) < 4.78 is 5.77. The van der Waals surface area contributed by atoms with Gasteiger partial charge in [0.15, 0.2) is 0 Å². The first-order chi connectivity index (χ1) is 15.6. The monoisotopic (exact) mass is 479 g/mol. The summed E-state index contributed by atoms with van der Waals surface area (Å²) in [6.07, 6.45) is 0. The zero-order valence-corrected chi connectivity index (χ0v) is 20.0. The molecule has 3 aromatic rings. The van der Waals surface area contributed by atoms with E-state index >= 15 is 0 Å². The maximum absolute atomic E-state index is 13.7. The number of rotatable bonds is 3. The Kier molecular flexibility index (Phi) is 6.00. The Bertz CT molecular complexity index is 1220. The van der Waals surface area contributed by atoms with Gasteiger partial charge in [0.1, 0.15) is 17.7 Å². The number of fused-ring (bicyclic) bond motifs is 1. The molecule has 2 atom stereocenters. The third-order valence-corrected chi connectivity index (χ3v) is 5.82. The maximum atomic E-state index is 13.7. The number of anilines is 3. The molecular formula is C26H23Cl2N3O2. The van der Waals surface area contributed by atoms with Gasteiger partial charge < -0.3 is 15.0 Å². The van der Waals surface area contributed by atoms with Gasteiger partial charge in [-0.1, -0.05) is 53.5 Å². The van der Waals surface area contributed by atoms with Crippen LogP contribution < -0.4 is 10.2 Å². The molecule has 3 aromatic carbocycles. The predicted molar refractivity (Wildman–Crippen MR) is 132 cm³/mol. The first-order valence-corrected chi connectivity index (χ1v) is 11.2. The average molecular weight is 480 g/mol. The van der Waals surface area contributed by atoms with Crippen LogP contribution in [0.25, 0.3) is 0 Å². The van der Waals surface area contributed by atoms with E-state index in [-0.39, 0.29) is 0 Å². The molecule has 0 radical (unpaired) electrons. The Hall–Kier alpha value is -3.20. The van der Waals surface area contributed by atoms with Gasteiger partial charge in [-0.05, 0) is 68.8 Å². The van der Waals surface area contributed by atoms with Crippen molar-refractivity contribution in [2.45, 2.75) is 38.0 Å². The number of esters is 1. The van der Waals surface area contributed by atoms with Gasteiger partial charge in [0, 0.05) is 15.7 Å². The van der Waals surface area contributed by atoms with Gasteiger partial charge in [-0.15, -0.1) is 0 Å². The minimum Gasteiger partial charge on any atom is -0.457 e. The Labute approximate surface area is 203 Å². The number of carbonyl (C=O) groups is 1. The number of nitrogens with zero attached hydrogens (tertiary/aromatic N) is 2. The quantitative estimate of drug-likeness (QED) is 0.413. The van der Waals surface area contributed by atoms with E-state index in [4.69, 9.17) is 27.9 Å². The molecule has 0 saturated heterocycles. The second kappa shape index (κ2) is 8.62. The summed E-state index contributed by atoms with van der Waals surface area (Å²) in [5.41, 5.74) is 0.311. The third kappa shape index (κ3) is 4.37. The van der Waals surface area contributed by atoms with Gasteiger partial charge in [-0.25, -0.2) is 4.79 Å². The number of benzene rings is 3. The van der Waals surface area contributed by atoms with Crippen LogP contribution in [0.2, 0.25) is 10.0 Å². The maximum Gasteiger partial charge on any atom is 0.349 e. The van der Waals surface area contributed by atoms with Gasteiger partial charge in [0.2, 0.25) is 5.54 Å². The van der Waals surface area contributed by atoms with Crippen molar-refractivity contribution in [3.63, 3.8) is 0 Å². The number of carbonyl (C=O) groups excluding carboxylic acids is 1. The highest BCUT2D eigenvalue weighted by Crippen LogP contribution is 2.51. The van der Waals surface area contributed by atoms with Gasteiger partial charge in [-0.2, -0.15) is 5.26 Å². The molecule has 5 nitrogen and oxygen atoms in total. The van der Waals surface area contributed by atoms with E-state index < -0.39 is 23.2 Å². The molecule has 7 heteroatoms. The fraction of sp³-hybridized carbons (Fsp3) is 0.231. The number of ether oxygens (including phenoxy) is 1. The highest BCUT2D eigenvalue weighted by Gasteiger charge is 2.56. The van der Waals surface area contributed by atoms with E-state index in [0.717, 1.165) is 16.9 Å². The SMILES string of the molecule is CC(C)(C)OC(=O)C1(C#N)Nc2ccc(Cl)cc2N(c2ccc(Cl)cc2)C1c1ccccc1. The van der Waals surface area contributed by atoms with Crippen molar-refractivity contribution in [1.82, 2.24) is 0 Å². The molecule has 0 aromatic heterocycles. The highest BCUT2D eigenvalue weighted by molar-refractivity contribution is 6.31. The summed E-state index contributed by atoms with van der Waals surface area (Å²) in [5.74, 6) is -0.661. The first-order valence-electron chi connectivity index (χ1n) is 10.5. The fourth-order valence-electron chi connectivity index (χ4n) is 4.00. The molecule has 0 spiro atoms. The lowest BCUT2D eigenvalue weighted by molar-refractivity contribution is -0.159. The molecule has 4 rings (SSSR count). The smallest absolute Gasteiger partial charge is 0.349 e. The molecule has 33 heavy (non-hydrogen) atoms. The van der Waals surface area contributed by atoms with E-state index in [9.17, 15) is 10.1 Å². The van der Waals surface area contributed by atoms with Gasteiger partial charge in [-0.3, -0.25) is 0 Å². The summed E-state index contributed by atoms with van der Waals surface area (Å²) >= 11 is 12.5. The van der Waals surface area contributed by atoms with E-state index in [1.165, 1.54) is 0 Å². The average Bonchev–Trinajstić information content (AvgIpc) is 2.78. The topological polar surface area (TPSA) is 65.4 Å². The highest BCUT2D eigenvalue weighted by atomic mass is 35.5. The van der Waals surface area contributed by atoms with Crippen LogP contribution in [0.5, 0.6) is 0 Å². The Morgan fingerprint density at radius 1 is 1.03 bits per heavy atom. The normalized spacial score (nSPS) is 19.8. The molecule has 1 aliphatic heterocycles.